The first-order valence-electron chi connectivity index (χ1n) is 7.11. The van der Waals surface area contributed by atoms with Crippen LogP contribution in [0.4, 0.5) is 11.4 Å². The first-order chi connectivity index (χ1) is 12.7. The summed E-state index contributed by atoms with van der Waals surface area (Å²) in [6.07, 6.45) is 0. The Morgan fingerprint density at radius 2 is 1.44 bits per heavy atom. The second kappa shape index (κ2) is 8.39. The summed E-state index contributed by atoms with van der Waals surface area (Å²) < 4.78 is 5.75. The average molecular weight is 486 g/mol. The van der Waals surface area contributed by atoms with Crippen molar-refractivity contribution in [3.63, 3.8) is 0 Å². The Hall–Kier alpha value is -3.29. The third kappa shape index (κ3) is 4.87. The second-order valence-corrected chi connectivity index (χ2v) is 6.17. The number of nitrogens with zero attached hydrogens (tertiary/aromatic N) is 2. The molecule has 12 heteroatoms. The summed E-state index contributed by atoms with van der Waals surface area (Å²) in [5.74, 6) is -1.03. The fourth-order valence-corrected chi connectivity index (χ4v) is 2.74. The van der Waals surface area contributed by atoms with Crippen LogP contribution in [0.25, 0.3) is 0 Å². The van der Waals surface area contributed by atoms with Gasteiger partial charge < -0.3 is 4.74 Å². The molecule has 0 spiro atoms. The molecule has 0 aliphatic rings. The zero-order valence-electron chi connectivity index (χ0n) is 13.6. The van der Waals surface area contributed by atoms with E-state index in [9.17, 15) is 29.8 Å². The van der Waals surface area contributed by atoms with E-state index in [0.29, 0.717) is 9.32 Å². The first-order valence-corrected chi connectivity index (χ1v) is 8.19. The van der Waals surface area contributed by atoms with E-state index in [1.54, 1.807) is 6.07 Å². The number of methoxy groups -OCH3 is 1. The molecule has 11 nitrogen and oxygen atoms in total. The molecule has 27 heavy (non-hydrogen) atoms. The molecule has 0 aliphatic carbocycles. The Labute approximate surface area is 165 Å². The third-order valence-corrected chi connectivity index (χ3v) is 4.13. The summed E-state index contributed by atoms with van der Waals surface area (Å²) in [5, 5.41) is 21.7. The SMILES string of the molecule is COc1ccc(C(=O)NNC(=O)c2cc([N+](=O)[O-])cc([N+](=O)[O-])c2)cc1I. The number of hydrogen-bond acceptors (Lipinski definition) is 7. The molecule has 2 rings (SSSR count). The van der Waals surface area contributed by atoms with E-state index < -0.39 is 33.0 Å². The number of rotatable bonds is 5. The minimum atomic E-state index is -0.946. The lowest BCUT2D eigenvalue weighted by Crippen LogP contribution is -2.41. The molecule has 2 aromatic rings. The standard InChI is InChI=1S/C15H11IN4O7/c1-27-13-3-2-8(6-12(13)16)14(21)17-18-15(22)9-4-10(19(23)24)7-11(5-9)20(25)26/h2-7H,1H3,(H,17,21)(H,18,22). The number of hydrogen-bond donors (Lipinski definition) is 2. The largest absolute Gasteiger partial charge is 0.496 e. The molecule has 2 amide bonds. The molecule has 2 N–H and O–H groups in total. The Kier molecular flexibility index (Phi) is 6.23. The summed E-state index contributed by atoms with van der Waals surface area (Å²) in [6.45, 7) is 0. The van der Waals surface area contributed by atoms with E-state index >= 15 is 0 Å². The van der Waals surface area contributed by atoms with Gasteiger partial charge in [0.2, 0.25) is 0 Å². The Morgan fingerprint density at radius 1 is 0.926 bits per heavy atom. The predicted octanol–water partition coefficient (Wildman–Crippen LogP) is 2.19. The third-order valence-electron chi connectivity index (χ3n) is 3.29. The van der Waals surface area contributed by atoms with Gasteiger partial charge in [0.25, 0.3) is 23.2 Å². The van der Waals surface area contributed by atoms with Gasteiger partial charge >= 0.3 is 0 Å². The van der Waals surface area contributed by atoms with Crippen molar-refractivity contribution in [2.24, 2.45) is 0 Å². The Balaban J connectivity index is 2.15. The van der Waals surface area contributed by atoms with Gasteiger partial charge in [0.1, 0.15) is 5.75 Å². The van der Waals surface area contributed by atoms with Crippen LogP contribution in [0.15, 0.2) is 36.4 Å². The minimum absolute atomic E-state index is 0.227. The summed E-state index contributed by atoms with van der Waals surface area (Å²) in [5.41, 5.74) is 2.84. The zero-order chi connectivity index (χ0) is 20.1. The van der Waals surface area contributed by atoms with Crippen molar-refractivity contribution in [3.8, 4) is 5.75 Å². The quantitative estimate of drug-likeness (QED) is 0.373. The van der Waals surface area contributed by atoms with Crippen LogP contribution < -0.4 is 15.6 Å². The van der Waals surface area contributed by atoms with Gasteiger partial charge in [-0.3, -0.25) is 40.7 Å². The van der Waals surface area contributed by atoms with Crippen molar-refractivity contribution in [1.82, 2.24) is 10.9 Å². The summed E-state index contributed by atoms with van der Waals surface area (Å²) in [4.78, 5) is 44.2. The maximum atomic E-state index is 12.1. The van der Waals surface area contributed by atoms with Crippen molar-refractivity contribution in [2.75, 3.05) is 7.11 Å². The Morgan fingerprint density at radius 3 is 1.89 bits per heavy atom. The van der Waals surface area contributed by atoms with Crippen LogP contribution in [0.2, 0.25) is 0 Å². The number of nitro groups is 2. The summed E-state index contributed by atoms with van der Waals surface area (Å²) in [7, 11) is 1.48. The molecule has 0 saturated heterocycles. The minimum Gasteiger partial charge on any atom is -0.496 e. The molecule has 140 valence electrons. The fraction of sp³-hybridized carbons (Fsp3) is 0.0667. The van der Waals surface area contributed by atoms with Gasteiger partial charge in [0.15, 0.2) is 0 Å². The highest BCUT2D eigenvalue weighted by Crippen LogP contribution is 2.23. The normalized spacial score (nSPS) is 10.0. The molecule has 0 heterocycles. The van der Waals surface area contributed by atoms with Gasteiger partial charge in [-0.25, -0.2) is 0 Å². The molecular weight excluding hydrogens is 475 g/mol. The molecule has 0 atom stereocenters. The van der Waals surface area contributed by atoms with Gasteiger partial charge in [-0.05, 0) is 40.8 Å². The molecule has 0 radical (unpaired) electrons. The van der Waals surface area contributed by atoms with Crippen LogP contribution >= 0.6 is 22.6 Å². The van der Waals surface area contributed by atoms with Crippen LogP contribution in [0.3, 0.4) is 0 Å². The van der Waals surface area contributed by atoms with E-state index in [1.807, 2.05) is 22.6 Å². The maximum absolute atomic E-state index is 12.1. The van der Waals surface area contributed by atoms with Crippen LogP contribution in [-0.4, -0.2) is 28.8 Å². The first kappa shape index (κ1) is 20.0. The number of carbonyl (C=O) groups excluding carboxylic acids is 2. The van der Waals surface area contributed by atoms with Crippen LogP contribution in [-0.2, 0) is 0 Å². The topological polar surface area (TPSA) is 154 Å². The van der Waals surface area contributed by atoms with E-state index in [4.69, 9.17) is 4.74 Å². The number of amides is 2. The molecule has 0 aromatic heterocycles. The molecule has 0 fully saturated rings. The number of carbonyl (C=O) groups is 2. The van der Waals surface area contributed by atoms with Gasteiger partial charge in [-0.2, -0.15) is 0 Å². The lowest BCUT2D eigenvalue weighted by molar-refractivity contribution is -0.394. The van der Waals surface area contributed by atoms with Crippen molar-refractivity contribution in [2.45, 2.75) is 0 Å². The van der Waals surface area contributed by atoms with Crippen LogP contribution in [0.1, 0.15) is 20.7 Å². The number of benzene rings is 2. The van der Waals surface area contributed by atoms with E-state index in [2.05, 4.69) is 10.9 Å². The van der Waals surface area contributed by atoms with Crippen LogP contribution in [0.5, 0.6) is 5.75 Å². The number of non-ortho nitro benzene ring substituents is 2. The maximum Gasteiger partial charge on any atom is 0.277 e. The van der Waals surface area contributed by atoms with E-state index in [-0.39, 0.29) is 11.1 Å². The molecule has 0 unspecified atom stereocenters. The highest BCUT2D eigenvalue weighted by atomic mass is 127. The number of nitro benzene ring substituents is 2. The zero-order valence-corrected chi connectivity index (χ0v) is 15.8. The lowest BCUT2D eigenvalue weighted by Gasteiger charge is -2.09. The summed E-state index contributed by atoms with van der Waals surface area (Å²) in [6, 6.07) is 7.03. The average Bonchev–Trinajstić information content (AvgIpc) is 2.65. The van der Waals surface area contributed by atoms with Crippen molar-refractivity contribution in [3.05, 3.63) is 71.3 Å². The van der Waals surface area contributed by atoms with E-state index in [1.165, 1.54) is 19.2 Å². The number of nitrogens with one attached hydrogen (secondary N) is 2. The van der Waals surface area contributed by atoms with Gasteiger partial charge in [0.05, 0.1) is 32.2 Å². The predicted molar refractivity (Wildman–Crippen MR) is 100 cm³/mol. The second-order valence-electron chi connectivity index (χ2n) is 5.01. The number of hydrazine groups is 1. The highest BCUT2D eigenvalue weighted by molar-refractivity contribution is 14.1. The van der Waals surface area contributed by atoms with Crippen LogP contribution in [0, 0.1) is 23.8 Å². The highest BCUT2D eigenvalue weighted by Gasteiger charge is 2.20. The molecule has 0 bridgehead atoms. The smallest absolute Gasteiger partial charge is 0.277 e. The molecule has 0 saturated carbocycles. The molecule has 0 aliphatic heterocycles. The van der Waals surface area contributed by atoms with Gasteiger partial charge in [0, 0.05) is 17.7 Å². The van der Waals surface area contributed by atoms with Crippen molar-refractivity contribution >= 4 is 45.8 Å². The summed E-state index contributed by atoms with van der Waals surface area (Å²) >= 11 is 1.97. The molecular formula is C15H11IN4O7. The van der Waals surface area contributed by atoms with Crippen molar-refractivity contribution < 1.29 is 24.2 Å². The number of halogens is 1. The van der Waals surface area contributed by atoms with Gasteiger partial charge in [-0.1, -0.05) is 0 Å². The fourth-order valence-electron chi connectivity index (χ4n) is 2.00. The Bertz CT molecular complexity index is 916. The van der Waals surface area contributed by atoms with E-state index in [0.717, 1.165) is 18.2 Å². The monoisotopic (exact) mass is 486 g/mol. The number of ether oxygens (including phenoxy) is 1. The van der Waals surface area contributed by atoms with Crippen molar-refractivity contribution in [1.29, 1.82) is 0 Å². The molecule has 2 aromatic carbocycles. The van der Waals surface area contributed by atoms with Gasteiger partial charge in [-0.15, -0.1) is 0 Å². The lowest BCUT2D eigenvalue weighted by atomic mass is 10.1.